The van der Waals surface area contributed by atoms with Gasteiger partial charge in [0.1, 0.15) is 5.82 Å². The molecule has 0 bridgehead atoms. The molecule has 0 aromatic heterocycles. The highest BCUT2D eigenvalue weighted by molar-refractivity contribution is 5.97. The summed E-state index contributed by atoms with van der Waals surface area (Å²) in [7, 11) is 1.56. The number of benzene rings is 1. The van der Waals surface area contributed by atoms with Crippen LogP contribution >= 0.6 is 0 Å². The average molecular weight is 283 g/mol. The van der Waals surface area contributed by atoms with Gasteiger partial charge in [-0.05, 0) is 19.1 Å². The number of halogens is 1. The lowest BCUT2D eigenvalue weighted by Gasteiger charge is -2.11. The molecule has 0 radical (unpaired) electrons. The first-order chi connectivity index (χ1) is 9.45. The third kappa shape index (κ3) is 4.60. The summed E-state index contributed by atoms with van der Waals surface area (Å²) >= 11 is 0. The van der Waals surface area contributed by atoms with E-state index < -0.39 is 11.7 Å². The Bertz CT molecular complexity index is 506. The number of amides is 2. The molecule has 0 fully saturated rings. The average Bonchev–Trinajstić information content (AvgIpc) is 2.39. The van der Waals surface area contributed by atoms with Gasteiger partial charge in [-0.25, -0.2) is 4.39 Å². The van der Waals surface area contributed by atoms with Crippen LogP contribution in [0.4, 0.5) is 10.1 Å². The molecular formula is C13H18FN3O3. The van der Waals surface area contributed by atoms with Crippen molar-refractivity contribution in [2.24, 2.45) is 5.73 Å². The molecule has 1 aromatic rings. The zero-order chi connectivity index (χ0) is 15.1. The van der Waals surface area contributed by atoms with Crippen molar-refractivity contribution < 1.29 is 18.7 Å². The van der Waals surface area contributed by atoms with Crippen LogP contribution in [0.25, 0.3) is 0 Å². The van der Waals surface area contributed by atoms with E-state index in [1.165, 1.54) is 13.0 Å². The topological polar surface area (TPSA) is 93.4 Å². The van der Waals surface area contributed by atoms with E-state index in [-0.39, 0.29) is 29.3 Å². The normalized spacial score (nSPS) is 10.3. The predicted octanol–water partition coefficient (Wildman–Crippen LogP) is 0.408. The number of nitrogens with two attached hydrogens (primary N) is 1. The van der Waals surface area contributed by atoms with E-state index in [0.717, 1.165) is 6.07 Å². The molecule has 1 rings (SSSR count). The lowest BCUT2D eigenvalue weighted by atomic mass is 10.1. The van der Waals surface area contributed by atoms with Gasteiger partial charge in [0.2, 0.25) is 11.8 Å². The fourth-order valence-electron chi connectivity index (χ4n) is 1.52. The van der Waals surface area contributed by atoms with Crippen LogP contribution in [0.2, 0.25) is 0 Å². The molecule has 0 saturated heterocycles. The molecule has 7 heteroatoms. The SMILES string of the molecule is COCCNCC(=O)Nc1cc(C(N)=O)cc(F)c1C. The number of rotatable bonds is 7. The Hall–Kier alpha value is -1.99. The van der Waals surface area contributed by atoms with Gasteiger partial charge in [-0.1, -0.05) is 0 Å². The Morgan fingerprint density at radius 3 is 2.70 bits per heavy atom. The van der Waals surface area contributed by atoms with Gasteiger partial charge in [0.05, 0.1) is 13.2 Å². The number of hydrogen-bond donors (Lipinski definition) is 3. The van der Waals surface area contributed by atoms with Crippen LogP contribution in [0, 0.1) is 12.7 Å². The zero-order valence-electron chi connectivity index (χ0n) is 11.5. The molecular weight excluding hydrogens is 265 g/mol. The molecule has 0 aliphatic carbocycles. The Morgan fingerprint density at radius 2 is 2.10 bits per heavy atom. The summed E-state index contributed by atoms with van der Waals surface area (Å²) in [6.45, 7) is 2.58. The fourth-order valence-corrected chi connectivity index (χ4v) is 1.52. The number of nitrogens with one attached hydrogen (secondary N) is 2. The van der Waals surface area contributed by atoms with Crippen LogP contribution in [0.5, 0.6) is 0 Å². The molecule has 4 N–H and O–H groups in total. The minimum absolute atomic E-state index is 0.00995. The molecule has 0 heterocycles. The van der Waals surface area contributed by atoms with Crippen molar-refractivity contribution in [1.82, 2.24) is 5.32 Å². The molecule has 2 amide bonds. The van der Waals surface area contributed by atoms with Crippen molar-refractivity contribution >= 4 is 17.5 Å². The highest BCUT2D eigenvalue weighted by Gasteiger charge is 2.12. The number of methoxy groups -OCH3 is 1. The summed E-state index contributed by atoms with van der Waals surface area (Å²) in [6.07, 6.45) is 0. The summed E-state index contributed by atoms with van der Waals surface area (Å²) in [5.74, 6) is -1.69. The molecule has 0 saturated carbocycles. The summed E-state index contributed by atoms with van der Waals surface area (Å²) in [6, 6.07) is 2.40. The standard InChI is InChI=1S/C13H18FN3O3/c1-8-10(14)5-9(13(15)19)6-11(8)17-12(18)7-16-3-4-20-2/h5-6,16H,3-4,7H2,1-2H3,(H2,15,19)(H,17,18). The van der Waals surface area contributed by atoms with E-state index in [4.69, 9.17) is 10.5 Å². The Morgan fingerprint density at radius 1 is 1.40 bits per heavy atom. The van der Waals surface area contributed by atoms with Crippen molar-refractivity contribution in [1.29, 1.82) is 0 Å². The molecule has 1 aromatic carbocycles. The summed E-state index contributed by atoms with van der Waals surface area (Å²) in [5.41, 5.74) is 5.60. The van der Waals surface area contributed by atoms with Gasteiger partial charge in [0.25, 0.3) is 0 Å². The largest absolute Gasteiger partial charge is 0.383 e. The first kappa shape index (κ1) is 16.1. The molecule has 20 heavy (non-hydrogen) atoms. The van der Waals surface area contributed by atoms with Crippen LogP contribution in [0.1, 0.15) is 15.9 Å². The molecule has 0 unspecified atom stereocenters. The minimum atomic E-state index is -0.752. The number of hydrogen-bond acceptors (Lipinski definition) is 4. The van der Waals surface area contributed by atoms with Gasteiger partial charge in [-0.3, -0.25) is 9.59 Å². The Labute approximate surface area is 116 Å². The number of carbonyl (C=O) groups excluding carboxylic acids is 2. The van der Waals surface area contributed by atoms with Gasteiger partial charge >= 0.3 is 0 Å². The third-order valence-electron chi connectivity index (χ3n) is 2.67. The second-order valence-corrected chi connectivity index (χ2v) is 4.21. The van der Waals surface area contributed by atoms with Gasteiger partial charge in [-0.2, -0.15) is 0 Å². The number of anilines is 1. The van der Waals surface area contributed by atoms with Crippen LogP contribution < -0.4 is 16.4 Å². The van der Waals surface area contributed by atoms with E-state index in [1.807, 2.05) is 0 Å². The third-order valence-corrected chi connectivity index (χ3v) is 2.67. The monoisotopic (exact) mass is 283 g/mol. The van der Waals surface area contributed by atoms with Crippen molar-refractivity contribution in [2.45, 2.75) is 6.92 Å². The number of ether oxygens (including phenoxy) is 1. The molecule has 0 aliphatic rings. The molecule has 0 atom stereocenters. The lowest BCUT2D eigenvalue weighted by molar-refractivity contribution is -0.115. The van der Waals surface area contributed by atoms with E-state index in [2.05, 4.69) is 10.6 Å². The summed E-state index contributed by atoms with van der Waals surface area (Å²) < 4.78 is 18.4. The van der Waals surface area contributed by atoms with Crippen LogP contribution in [-0.4, -0.2) is 38.6 Å². The quantitative estimate of drug-likeness (QED) is 0.632. The Balaban J connectivity index is 2.71. The van der Waals surface area contributed by atoms with Crippen molar-refractivity contribution in [2.75, 3.05) is 32.1 Å². The molecule has 6 nitrogen and oxygen atoms in total. The predicted molar refractivity (Wildman–Crippen MR) is 73.0 cm³/mol. The van der Waals surface area contributed by atoms with E-state index >= 15 is 0 Å². The molecule has 0 spiro atoms. The maximum atomic E-state index is 13.6. The van der Waals surface area contributed by atoms with Crippen molar-refractivity contribution in [3.8, 4) is 0 Å². The fraction of sp³-hybridized carbons (Fsp3) is 0.385. The maximum absolute atomic E-state index is 13.6. The van der Waals surface area contributed by atoms with Crippen LogP contribution in [0.15, 0.2) is 12.1 Å². The molecule has 0 aliphatic heterocycles. The minimum Gasteiger partial charge on any atom is -0.383 e. The van der Waals surface area contributed by atoms with Crippen LogP contribution in [-0.2, 0) is 9.53 Å². The Kier molecular flexibility index (Phi) is 6.08. The van der Waals surface area contributed by atoms with Crippen molar-refractivity contribution in [3.63, 3.8) is 0 Å². The highest BCUT2D eigenvalue weighted by Crippen LogP contribution is 2.20. The number of carbonyl (C=O) groups is 2. The summed E-state index contributed by atoms with van der Waals surface area (Å²) in [4.78, 5) is 22.7. The second kappa shape index (κ2) is 7.56. The highest BCUT2D eigenvalue weighted by atomic mass is 19.1. The van der Waals surface area contributed by atoms with Gasteiger partial charge in [-0.15, -0.1) is 0 Å². The summed E-state index contributed by atoms with van der Waals surface area (Å²) in [5, 5.41) is 5.39. The second-order valence-electron chi connectivity index (χ2n) is 4.21. The van der Waals surface area contributed by atoms with Crippen LogP contribution in [0.3, 0.4) is 0 Å². The van der Waals surface area contributed by atoms with E-state index in [9.17, 15) is 14.0 Å². The van der Waals surface area contributed by atoms with E-state index in [1.54, 1.807) is 7.11 Å². The van der Waals surface area contributed by atoms with Gasteiger partial charge < -0.3 is 21.1 Å². The first-order valence-electron chi connectivity index (χ1n) is 6.05. The maximum Gasteiger partial charge on any atom is 0.248 e. The number of primary amides is 1. The van der Waals surface area contributed by atoms with Gasteiger partial charge in [0.15, 0.2) is 0 Å². The first-order valence-corrected chi connectivity index (χ1v) is 6.05. The zero-order valence-corrected chi connectivity index (χ0v) is 11.5. The van der Waals surface area contributed by atoms with Gasteiger partial charge in [0, 0.05) is 30.5 Å². The van der Waals surface area contributed by atoms with E-state index in [0.29, 0.717) is 13.2 Å². The van der Waals surface area contributed by atoms with Crippen molar-refractivity contribution in [3.05, 3.63) is 29.1 Å². The lowest BCUT2D eigenvalue weighted by Crippen LogP contribution is -2.30. The molecule has 110 valence electrons. The smallest absolute Gasteiger partial charge is 0.248 e.